The van der Waals surface area contributed by atoms with Crippen LogP contribution in [0, 0.1) is 5.82 Å². The second-order valence-electron chi connectivity index (χ2n) is 7.51. The van der Waals surface area contributed by atoms with Crippen molar-refractivity contribution in [3.63, 3.8) is 0 Å². The molecule has 4 aromatic rings. The molecule has 0 unspecified atom stereocenters. The molecule has 0 atom stereocenters. The number of sulfone groups is 1. The van der Waals surface area contributed by atoms with Crippen molar-refractivity contribution in [2.75, 3.05) is 13.7 Å². The van der Waals surface area contributed by atoms with E-state index in [2.05, 4.69) is 5.32 Å². The number of amides is 1. The van der Waals surface area contributed by atoms with Gasteiger partial charge in [0.15, 0.2) is 0 Å². The van der Waals surface area contributed by atoms with Crippen molar-refractivity contribution in [2.24, 2.45) is 0 Å². The highest BCUT2D eigenvalue weighted by Gasteiger charge is 2.24. The van der Waals surface area contributed by atoms with Crippen LogP contribution in [0.15, 0.2) is 88.8 Å². The van der Waals surface area contributed by atoms with Gasteiger partial charge in [0, 0.05) is 23.6 Å². The molecule has 1 aromatic heterocycles. The van der Waals surface area contributed by atoms with Gasteiger partial charge in [-0.1, -0.05) is 36.4 Å². The Hall–Kier alpha value is -3.65. The van der Waals surface area contributed by atoms with E-state index in [9.17, 15) is 17.6 Å². The molecule has 0 radical (unpaired) electrons. The maximum Gasteiger partial charge on any atom is 0.239 e. The van der Waals surface area contributed by atoms with Gasteiger partial charge < -0.3 is 14.6 Å². The molecule has 4 rings (SSSR count). The van der Waals surface area contributed by atoms with Crippen molar-refractivity contribution in [2.45, 2.75) is 22.8 Å². The molecule has 0 aliphatic rings. The van der Waals surface area contributed by atoms with Gasteiger partial charge in [-0.2, -0.15) is 0 Å². The van der Waals surface area contributed by atoms with Gasteiger partial charge >= 0.3 is 0 Å². The third-order valence-corrected chi connectivity index (χ3v) is 7.19. The molecular formula is C25H23FN2O4S. The van der Waals surface area contributed by atoms with Crippen LogP contribution in [0.4, 0.5) is 4.39 Å². The zero-order valence-corrected chi connectivity index (χ0v) is 18.8. The van der Waals surface area contributed by atoms with Gasteiger partial charge in [-0.15, -0.1) is 0 Å². The summed E-state index contributed by atoms with van der Waals surface area (Å²) in [6, 6.07) is 19.3. The Morgan fingerprint density at radius 1 is 1.00 bits per heavy atom. The van der Waals surface area contributed by atoms with E-state index in [1.807, 2.05) is 24.3 Å². The number of nitrogens with zero attached hydrogens (tertiary/aromatic N) is 1. The average Bonchev–Trinajstić information content (AvgIpc) is 3.19. The SMILES string of the molecule is COc1ccccc1CCNC(=O)Cn1cc(S(=O)(=O)c2ccc(F)cc2)c2ccccc21. The van der Waals surface area contributed by atoms with E-state index in [0.29, 0.717) is 23.9 Å². The number of benzene rings is 3. The highest BCUT2D eigenvalue weighted by Crippen LogP contribution is 2.30. The monoisotopic (exact) mass is 466 g/mol. The van der Waals surface area contributed by atoms with E-state index in [1.54, 1.807) is 35.9 Å². The quantitative estimate of drug-likeness (QED) is 0.399. The van der Waals surface area contributed by atoms with Gasteiger partial charge in [0.05, 0.1) is 16.9 Å². The zero-order valence-electron chi connectivity index (χ0n) is 18.0. The lowest BCUT2D eigenvalue weighted by molar-refractivity contribution is -0.121. The number of methoxy groups -OCH3 is 1. The molecule has 3 aromatic carbocycles. The molecule has 0 bridgehead atoms. The largest absolute Gasteiger partial charge is 0.496 e. The fourth-order valence-electron chi connectivity index (χ4n) is 3.76. The third kappa shape index (κ3) is 4.75. The number of hydrogen-bond donors (Lipinski definition) is 1. The Morgan fingerprint density at radius 3 is 2.45 bits per heavy atom. The molecule has 8 heteroatoms. The standard InChI is InChI=1S/C25H23FN2O4S/c1-32-23-9-5-2-6-18(23)14-15-27-25(29)17-28-16-24(21-7-3-4-8-22(21)28)33(30,31)20-12-10-19(26)11-13-20/h2-13,16H,14-15,17H2,1H3,(H,27,29). The molecule has 0 aliphatic heterocycles. The van der Waals surface area contributed by atoms with Crippen molar-refractivity contribution in [3.8, 4) is 5.75 Å². The minimum Gasteiger partial charge on any atom is -0.496 e. The van der Waals surface area contributed by atoms with Crippen LogP contribution in [0.25, 0.3) is 10.9 Å². The van der Waals surface area contributed by atoms with Crippen molar-refractivity contribution < 1.29 is 22.3 Å². The Labute approximate surface area is 191 Å². The van der Waals surface area contributed by atoms with Crippen LogP contribution in [0.3, 0.4) is 0 Å². The van der Waals surface area contributed by atoms with Crippen molar-refractivity contribution in [1.82, 2.24) is 9.88 Å². The Bertz CT molecular complexity index is 1400. The molecule has 1 N–H and O–H groups in total. The minimum atomic E-state index is -3.89. The van der Waals surface area contributed by atoms with Crippen molar-refractivity contribution in [3.05, 3.63) is 90.4 Å². The molecule has 6 nitrogen and oxygen atoms in total. The topological polar surface area (TPSA) is 77.4 Å². The number of halogens is 1. The number of fused-ring (bicyclic) bond motifs is 1. The van der Waals surface area contributed by atoms with E-state index in [4.69, 9.17) is 4.74 Å². The minimum absolute atomic E-state index is 0.00642. The van der Waals surface area contributed by atoms with Crippen LogP contribution in [0.5, 0.6) is 5.75 Å². The number of carbonyl (C=O) groups excluding carboxylic acids is 1. The number of carbonyl (C=O) groups is 1. The van der Waals surface area contributed by atoms with Crippen LogP contribution >= 0.6 is 0 Å². The first-order valence-corrected chi connectivity index (χ1v) is 11.9. The lowest BCUT2D eigenvalue weighted by Crippen LogP contribution is -2.29. The molecule has 1 heterocycles. The normalized spacial score (nSPS) is 11.5. The summed E-state index contributed by atoms with van der Waals surface area (Å²) in [5, 5.41) is 3.38. The Kier molecular flexibility index (Phi) is 6.46. The maximum absolute atomic E-state index is 13.3. The molecule has 1 amide bonds. The van der Waals surface area contributed by atoms with Crippen LogP contribution in [-0.2, 0) is 27.6 Å². The molecule has 0 fully saturated rings. The van der Waals surface area contributed by atoms with Crippen molar-refractivity contribution in [1.29, 1.82) is 0 Å². The molecule has 0 spiro atoms. The summed E-state index contributed by atoms with van der Waals surface area (Å²) in [5.41, 5.74) is 1.61. The van der Waals surface area contributed by atoms with Gasteiger partial charge in [-0.25, -0.2) is 12.8 Å². The second kappa shape index (κ2) is 9.46. The van der Waals surface area contributed by atoms with E-state index < -0.39 is 15.7 Å². The zero-order chi connectivity index (χ0) is 23.4. The Morgan fingerprint density at radius 2 is 1.70 bits per heavy atom. The fourth-order valence-corrected chi connectivity index (χ4v) is 5.23. The van der Waals surface area contributed by atoms with Gasteiger partial charge in [0.25, 0.3) is 0 Å². The summed E-state index contributed by atoms with van der Waals surface area (Å²) in [6.07, 6.45) is 2.07. The van der Waals surface area contributed by atoms with Gasteiger partial charge in [0.1, 0.15) is 18.1 Å². The van der Waals surface area contributed by atoms with E-state index >= 15 is 0 Å². The lowest BCUT2D eigenvalue weighted by atomic mass is 10.1. The first-order valence-electron chi connectivity index (χ1n) is 10.4. The number of nitrogens with one attached hydrogen (secondary N) is 1. The number of para-hydroxylation sites is 2. The smallest absolute Gasteiger partial charge is 0.239 e. The summed E-state index contributed by atoms with van der Waals surface area (Å²) in [6.45, 7) is 0.379. The summed E-state index contributed by atoms with van der Waals surface area (Å²) >= 11 is 0. The summed E-state index contributed by atoms with van der Waals surface area (Å²) in [5.74, 6) is 0.0105. The molecular weight excluding hydrogens is 443 g/mol. The van der Waals surface area contributed by atoms with Gasteiger partial charge in [-0.05, 0) is 48.4 Å². The predicted octanol–water partition coefficient (Wildman–Crippen LogP) is 3.98. The Balaban J connectivity index is 1.54. The first kappa shape index (κ1) is 22.5. The molecule has 0 saturated carbocycles. The number of rotatable bonds is 8. The number of ether oxygens (including phenoxy) is 1. The van der Waals surface area contributed by atoms with Crippen LogP contribution in [0.1, 0.15) is 5.56 Å². The third-order valence-electron chi connectivity index (χ3n) is 5.39. The fraction of sp³-hybridized carbons (Fsp3) is 0.160. The summed E-state index contributed by atoms with van der Waals surface area (Å²) in [4.78, 5) is 12.7. The van der Waals surface area contributed by atoms with E-state index in [1.165, 1.54) is 18.3 Å². The van der Waals surface area contributed by atoms with Crippen LogP contribution < -0.4 is 10.1 Å². The summed E-state index contributed by atoms with van der Waals surface area (Å²) in [7, 11) is -2.29. The van der Waals surface area contributed by atoms with E-state index in [0.717, 1.165) is 23.4 Å². The lowest BCUT2D eigenvalue weighted by Gasteiger charge is -2.10. The predicted molar refractivity (Wildman–Crippen MR) is 123 cm³/mol. The highest BCUT2D eigenvalue weighted by molar-refractivity contribution is 7.91. The van der Waals surface area contributed by atoms with E-state index in [-0.39, 0.29) is 22.2 Å². The summed E-state index contributed by atoms with van der Waals surface area (Å²) < 4.78 is 46.6. The van der Waals surface area contributed by atoms with Crippen LogP contribution in [-0.4, -0.2) is 32.5 Å². The first-order chi connectivity index (χ1) is 15.9. The average molecular weight is 467 g/mol. The molecule has 170 valence electrons. The molecule has 33 heavy (non-hydrogen) atoms. The maximum atomic E-state index is 13.3. The van der Waals surface area contributed by atoms with Gasteiger partial charge in [0.2, 0.25) is 15.7 Å². The van der Waals surface area contributed by atoms with Gasteiger partial charge in [-0.3, -0.25) is 4.79 Å². The second-order valence-corrected chi connectivity index (χ2v) is 9.43. The van der Waals surface area contributed by atoms with Crippen LogP contribution in [0.2, 0.25) is 0 Å². The number of aromatic nitrogens is 1. The van der Waals surface area contributed by atoms with Crippen molar-refractivity contribution >= 4 is 26.6 Å². The molecule has 0 aliphatic carbocycles. The highest BCUT2D eigenvalue weighted by atomic mass is 32.2. The molecule has 0 saturated heterocycles. The number of hydrogen-bond acceptors (Lipinski definition) is 4.